The third-order valence-electron chi connectivity index (χ3n) is 9.20. The van der Waals surface area contributed by atoms with Crippen molar-refractivity contribution in [1.82, 2.24) is 5.32 Å². The second kappa shape index (κ2) is 12.8. The highest BCUT2D eigenvalue weighted by molar-refractivity contribution is 5.70. The van der Waals surface area contributed by atoms with Crippen molar-refractivity contribution in [2.24, 2.45) is 0 Å². The third-order valence-corrected chi connectivity index (χ3v) is 9.20. The maximum Gasteiger partial charge on any atom is 0.213 e. The number of rotatable bonds is 9. The maximum atomic E-state index is 4.84. The van der Waals surface area contributed by atoms with Gasteiger partial charge < -0.3 is 5.32 Å². The Bertz CT molecular complexity index is 1710. The maximum absolute atomic E-state index is 4.84. The molecule has 1 aliphatic heterocycles. The molecule has 5 rings (SSSR count). The van der Waals surface area contributed by atoms with Gasteiger partial charge in [0.1, 0.15) is 5.92 Å². The molecule has 1 aliphatic rings. The molecule has 2 aromatic heterocycles. The van der Waals surface area contributed by atoms with Crippen LogP contribution in [0.2, 0.25) is 0 Å². The second-order valence-electron chi connectivity index (χ2n) is 13.4. The monoisotopic (exact) mass is 583 g/mol. The predicted molar refractivity (Wildman–Crippen MR) is 185 cm³/mol. The summed E-state index contributed by atoms with van der Waals surface area (Å²) >= 11 is 0. The number of allylic oxidation sites excluding steroid dienone is 3. The molecule has 0 spiro atoms. The van der Waals surface area contributed by atoms with E-state index in [4.69, 9.17) is 6.58 Å². The average Bonchev–Trinajstić information content (AvgIpc) is 2.98. The smallest absolute Gasteiger partial charge is 0.213 e. The molecule has 44 heavy (non-hydrogen) atoms. The van der Waals surface area contributed by atoms with Gasteiger partial charge in [0.2, 0.25) is 5.69 Å². The van der Waals surface area contributed by atoms with Crippen LogP contribution in [0.5, 0.6) is 0 Å². The molecule has 1 N–H and O–H groups in total. The Morgan fingerprint density at radius 3 is 2.32 bits per heavy atom. The Kier molecular flexibility index (Phi) is 9.06. The van der Waals surface area contributed by atoms with Crippen LogP contribution in [-0.4, -0.2) is 6.54 Å². The minimum atomic E-state index is 0.0445. The molecular weight excluding hydrogens is 534 g/mol. The summed E-state index contributed by atoms with van der Waals surface area (Å²) in [4.78, 5) is 0. The lowest BCUT2D eigenvalue weighted by Gasteiger charge is -2.30. The van der Waals surface area contributed by atoms with Crippen molar-refractivity contribution in [3.63, 3.8) is 0 Å². The van der Waals surface area contributed by atoms with Crippen LogP contribution >= 0.6 is 0 Å². The van der Waals surface area contributed by atoms with Gasteiger partial charge in [0.15, 0.2) is 29.8 Å². The standard InChI is InChI=1S/C41H49N3/c1-10-17-36(39-28(2)18-15-19-29(39)3)42-24-16-23-38-40(32(6)44-27-35(41(7,8)9)30(4)26-31(44)5)34-21-12-11-20-33(34)37-22-13-14-25-43(37)38/h10-15,17-22,25-27,38,40,42H,1,6,16,23-24H2,2-5,7-9H3/q+2/b36-17-. The molecule has 3 heteroatoms. The van der Waals surface area contributed by atoms with Crippen LogP contribution in [0.25, 0.3) is 22.7 Å². The van der Waals surface area contributed by atoms with Gasteiger partial charge in [-0.15, -0.1) is 0 Å². The number of benzene rings is 2. The van der Waals surface area contributed by atoms with E-state index < -0.39 is 0 Å². The van der Waals surface area contributed by atoms with E-state index >= 15 is 0 Å². The molecule has 226 valence electrons. The van der Waals surface area contributed by atoms with E-state index in [-0.39, 0.29) is 17.4 Å². The van der Waals surface area contributed by atoms with Crippen molar-refractivity contribution >= 4 is 11.4 Å². The first-order chi connectivity index (χ1) is 21.0. The van der Waals surface area contributed by atoms with E-state index in [2.05, 4.69) is 155 Å². The molecule has 2 unspecified atom stereocenters. The number of nitrogens with zero attached hydrogens (tertiary/aromatic N) is 2. The first kappa shape index (κ1) is 31.2. The highest BCUT2D eigenvalue weighted by Crippen LogP contribution is 2.43. The molecule has 2 aromatic carbocycles. The van der Waals surface area contributed by atoms with Gasteiger partial charge in [-0.3, -0.25) is 0 Å². The zero-order valence-electron chi connectivity index (χ0n) is 27.7. The molecule has 0 radical (unpaired) electrons. The van der Waals surface area contributed by atoms with E-state index in [1.807, 2.05) is 6.08 Å². The van der Waals surface area contributed by atoms with Gasteiger partial charge in [-0.2, -0.15) is 9.13 Å². The number of fused-ring (bicyclic) bond motifs is 3. The van der Waals surface area contributed by atoms with E-state index in [1.54, 1.807) is 0 Å². The van der Waals surface area contributed by atoms with E-state index in [1.165, 1.54) is 50.3 Å². The van der Waals surface area contributed by atoms with E-state index in [0.29, 0.717) is 0 Å². The van der Waals surface area contributed by atoms with Gasteiger partial charge in [-0.1, -0.05) is 69.8 Å². The Balaban J connectivity index is 1.50. The minimum absolute atomic E-state index is 0.0445. The Morgan fingerprint density at radius 1 is 0.909 bits per heavy atom. The van der Waals surface area contributed by atoms with Gasteiger partial charge in [-0.05, 0) is 79.6 Å². The summed E-state index contributed by atoms with van der Waals surface area (Å²) in [5.74, 6) is 0.132. The highest BCUT2D eigenvalue weighted by Gasteiger charge is 2.44. The Labute approximate surface area is 265 Å². The average molecular weight is 584 g/mol. The fraction of sp³-hybridized carbons (Fsp3) is 0.317. The van der Waals surface area contributed by atoms with E-state index in [9.17, 15) is 0 Å². The molecule has 0 saturated carbocycles. The second-order valence-corrected chi connectivity index (χ2v) is 13.4. The van der Waals surface area contributed by atoms with Crippen molar-refractivity contribution < 1.29 is 9.13 Å². The topological polar surface area (TPSA) is 19.8 Å². The fourth-order valence-electron chi connectivity index (χ4n) is 7.21. The normalized spacial score (nSPS) is 16.2. The van der Waals surface area contributed by atoms with Crippen LogP contribution in [0.3, 0.4) is 0 Å². The number of hydrogen-bond acceptors (Lipinski definition) is 1. The molecule has 4 aromatic rings. The van der Waals surface area contributed by atoms with Gasteiger partial charge in [0.05, 0.1) is 5.56 Å². The van der Waals surface area contributed by atoms with Crippen LogP contribution in [0, 0.1) is 27.7 Å². The van der Waals surface area contributed by atoms with Crippen LogP contribution in [-0.2, 0) is 5.41 Å². The molecular formula is C41H49N3+2. The van der Waals surface area contributed by atoms with Gasteiger partial charge in [0.25, 0.3) is 0 Å². The largest absolute Gasteiger partial charge is 0.385 e. The molecule has 0 amide bonds. The van der Waals surface area contributed by atoms with Gasteiger partial charge in [0, 0.05) is 54.9 Å². The highest BCUT2D eigenvalue weighted by atomic mass is 15.1. The van der Waals surface area contributed by atoms with Gasteiger partial charge >= 0.3 is 0 Å². The Morgan fingerprint density at radius 2 is 1.61 bits per heavy atom. The lowest BCUT2D eigenvalue weighted by atomic mass is 9.79. The summed E-state index contributed by atoms with van der Waals surface area (Å²) < 4.78 is 4.86. The van der Waals surface area contributed by atoms with Crippen LogP contribution in [0.4, 0.5) is 0 Å². The summed E-state index contributed by atoms with van der Waals surface area (Å²) in [7, 11) is 0. The summed E-state index contributed by atoms with van der Waals surface area (Å²) in [6, 6.07) is 24.5. The lowest BCUT2D eigenvalue weighted by molar-refractivity contribution is -0.720. The fourth-order valence-corrected chi connectivity index (χ4v) is 7.21. The molecule has 0 aliphatic carbocycles. The van der Waals surface area contributed by atoms with Crippen molar-refractivity contribution in [2.45, 2.75) is 78.7 Å². The minimum Gasteiger partial charge on any atom is -0.385 e. The number of aryl methyl sites for hydroxylation is 4. The van der Waals surface area contributed by atoms with Crippen molar-refractivity contribution in [2.75, 3.05) is 6.54 Å². The Hall–Kier alpha value is -4.24. The van der Waals surface area contributed by atoms with Crippen molar-refractivity contribution in [3.05, 3.63) is 144 Å². The molecule has 3 heterocycles. The van der Waals surface area contributed by atoms with Gasteiger partial charge in [-0.25, -0.2) is 0 Å². The molecule has 3 nitrogen and oxygen atoms in total. The SMILES string of the molecule is C=C/C=C(\NCCCC1C(C(=C)[n+]2cc(C(C)(C)C)c(C)cc2C)c2ccccc2-c2cccc[n+]21)c1c(C)cccc1C. The summed E-state index contributed by atoms with van der Waals surface area (Å²) in [5, 5.41) is 3.77. The first-order valence-corrected chi connectivity index (χ1v) is 16.0. The number of nitrogens with one attached hydrogen (secondary N) is 1. The van der Waals surface area contributed by atoms with Crippen LogP contribution in [0.15, 0.2) is 104 Å². The van der Waals surface area contributed by atoms with E-state index in [0.717, 1.165) is 30.8 Å². The summed E-state index contributed by atoms with van der Waals surface area (Å²) in [6.45, 7) is 25.4. The summed E-state index contributed by atoms with van der Waals surface area (Å²) in [6.07, 6.45) is 10.6. The zero-order chi connectivity index (χ0) is 31.6. The quantitative estimate of drug-likeness (QED) is 0.119. The number of aromatic nitrogens is 2. The third kappa shape index (κ3) is 6.06. The van der Waals surface area contributed by atoms with Crippen LogP contribution in [0.1, 0.15) is 84.6 Å². The molecule has 2 atom stereocenters. The van der Waals surface area contributed by atoms with Crippen LogP contribution < -0.4 is 14.5 Å². The zero-order valence-corrected chi connectivity index (χ0v) is 27.7. The van der Waals surface area contributed by atoms with Crippen molar-refractivity contribution in [3.8, 4) is 11.3 Å². The summed E-state index contributed by atoms with van der Waals surface area (Å²) in [5.41, 5.74) is 14.0. The number of pyridine rings is 2. The molecule has 0 fully saturated rings. The first-order valence-electron chi connectivity index (χ1n) is 16.0. The lowest BCUT2D eigenvalue weighted by Crippen LogP contribution is -2.51. The van der Waals surface area contributed by atoms with Crippen molar-refractivity contribution in [1.29, 1.82) is 0 Å². The molecule has 0 saturated heterocycles. The predicted octanol–water partition coefficient (Wildman–Crippen LogP) is 8.87. The number of hydrogen-bond donors (Lipinski definition) is 1. The molecule has 0 bridgehead atoms.